The van der Waals surface area contributed by atoms with E-state index >= 15 is 0 Å². The predicted octanol–water partition coefficient (Wildman–Crippen LogP) is 2.29. The van der Waals surface area contributed by atoms with Crippen LogP contribution in [0, 0.1) is 19.8 Å². The van der Waals surface area contributed by atoms with Crippen molar-refractivity contribution in [2.75, 3.05) is 51.2 Å². The Hall–Kier alpha value is -1.55. The molecule has 126 valence electrons. The molecule has 4 nitrogen and oxygen atoms in total. The van der Waals surface area contributed by atoms with Crippen molar-refractivity contribution in [3.8, 4) is 0 Å². The lowest BCUT2D eigenvalue weighted by Crippen LogP contribution is -2.50. The first kappa shape index (κ1) is 16.3. The summed E-state index contributed by atoms with van der Waals surface area (Å²) < 4.78 is 0. The number of likely N-dealkylation sites (tertiary alicyclic amines) is 1. The van der Waals surface area contributed by atoms with E-state index in [0.717, 1.165) is 52.1 Å². The normalized spacial score (nSPS) is 23.4. The molecule has 3 rings (SSSR count). The van der Waals surface area contributed by atoms with Gasteiger partial charge in [-0.15, -0.1) is 0 Å². The van der Waals surface area contributed by atoms with Crippen LogP contribution in [0.1, 0.15) is 24.0 Å². The van der Waals surface area contributed by atoms with E-state index in [0.29, 0.717) is 11.8 Å². The average molecular weight is 315 g/mol. The van der Waals surface area contributed by atoms with Crippen LogP contribution in [0.5, 0.6) is 0 Å². The number of rotatable bonds is 3. The van der Waals surface area contributed by atoms with Crippen LogP contribution in [0.15, 0.2) is 18.2 Å². The molecular weight excluding hydrogens is 286 g/mol. The Balaban J connectivity index is 1.52. The van der Waals surface area contributed by atoms with Gasteiger partial charge in [0.2, 0.25) is 5.91 Å². The average Bonchev–Trinajstić information content (AvgIpc) is 2.55. The maximum absolute atomic E-state index is 11.6. The summed E-state index contributed by atoms with van der Waals surface area (Å²) in [6, 6.07) is 6.61. The zero-order valence-electron chi connectivity index (χ0n) is 14.7. The van der Waals surface area contributed by atoms with E-state index in [1.54, 1.807) is 0 Å². The Morgan fingerprint density at radius 1 is 1.13 bits per heavy atom. The maximum Gasteiger partial charge on any atom is 0.222 e. The zero-order valence-corrected chi connectivity index (χ0v) is 14.7. The minimum Gasteiger partial charge on any atom is -0.369 e. The second-order valence-electron chi connectivity index (χ2n) is 7.19. The van der Waals surface area contributed by atoms with Gasteiger partial charge < -0.3 is 9.80 Å². The molecule has 2 aliphatic heterocycles. The fourth-order valence-corrected chi connectivity index (χ4v) is 3.86. The molecule has 0 N–H and O–H groups in total. The van der Waals surface area contributed by atoms with Gasteiger partial charge in [-0.05, 0) is 43.4 Å². The van der Waals surface area contributed by atoms with Gasteiger partial charge in [0, 0.05) is 58.4 Å². The number of piperazine rings is 1. The lowest BCUT2D eigenvalue weighted by atomic mass is 9.97. The summed E-state index contributed by atoms with van der Waals surface area (Å²) in [6.45, 7) is 10.9. The number of nitrogens with zero attached hydrogens (tertiary/aromatic N) is 3. The smallest absolute Gasteiger partial charge is 0.222 e. The summed E-state index contributed by atoms with van der Waals surface area (Å²) in [5.41, 5.74) is 4.18. The molecule has 1 unspecified atom stereocenters. The molecule has 2 fully saturated rings. The number of piperidine rings is 1. The third kappa shape index (κ3) is 3.69. The van der Waals surface area contributed by atoms with Crippen LogP contribution in [0.2, 0.25) is 0 Å². The molecule has 0 saturated carbocycles. The van der Waals surface area contributed by atoms with Crippen molar-refractivity contribution in [1.82, 2.24) is 9.80 Å². The van der Waals surface area contributed by atoms with Gasteiger partial charge in [0.05, 0.1) is 0 Å². The molecule has 1 atom stereocenters. The molecule has 0 aromatic heterocycles. The Kier molecular flexibility index (Phi) is 4.90. The highest BCUT2D eigenvalue weighted by molar-refractivity contribution is 5.76. The molecule has 2 saturated heterocycles. The predicted molar refractivity (Wildman–Crippen MR) is 94.9 cm³/mol. The van der Waals surface area contributed by atoms with Crippen molar-refractivity contribution >= 4 is 11.6 Å². The van der Waals surface area contributed by atoms with Crippen LogP contribution in [0.3, 0.4) is 0 Å². The lowest BCUT2D eigenvalue weighted by Gasteiger charge is -2.39. The molecular formula is C19H29N3O. The van der Waals surface area contributed by atoms with E-state index in [2.05, 4.69) is 41.8 Å². The third-order valence-corrected chi connectivity index (χ3v) is 5.53. The summed E-state index contributed by atoms with van der Waals surface area (Å²) in [7, 11) is 1.94. The van der Waals surface area contributed by atoms with E-state index in [4.69, 9.17) is 0 Å². The van der Waals surface area contributed by atoms with E-state index in [-0.39, 0.29) is 0 Å². The molecule has 1 aromatic rings. The number of hydrogen-bond donors (Lipinski definition) is 0. The first-order valence-corrected chi connectivity index (χ1v) is 8.82. The van der Waals surface area contributed by atoms with Crippen LogP contribution in [0.25, 0.3) is 0 Å². The number of anilines is 1. The van der Waals surface area contributed by atoms with Crippen molar-refractivity contribution in [3.05, 3.63) is 29.3 Å². The quantitative estimate of drug-likeness (QED) is 0.856. The van der Waals surface area contributed by atoms with Gasteiger partial charge in [0.15, 0.2) is 0 Å². The van der Waals surface area contributed by atoms with Gasteiger partial charge >= 0.3 is 0 Å². The zero-order chi connectivity index (χ0) is 16.4. The summed E-state index contributed by atoms with van der Waals surface area (Å²) in [4.78, 5) is 18.6. The van der Waals surface area contributed by atoms with Gasteiger partial charge in [-0.1, -0.05) is 12.1 Å². The molecule has 23 heavy (non-hydrogen) atoms. The SMILES string of the molecule is Cc1cccc(N2CCN(CC3CCC(=O)N(C)C3)CC2)c1C. The third-order valence-electron chi connectivity index (χ3n) is 5.53. The second kappa shape index (κ2) is 6.91. The van der Waals surface area contributed by atoms with Crippen LogP contribution in [-0.2, 0) is 4.79 Å². The number of carbonyl (C=O) groups excluding carboxylic acids is 1. The molecule has 0 spiro atoms. The van der Waals surface area contributed by atoms with Gasteiger partial charge in [-0.3, -0.25) is 9.69 Å². The first-order chi connectivity index (χ1) is 11.0. The molecule has 1 amide bonds. The topological polar surface area (TPSA) is 26.8 Å². The van der Waals surface area contributed by atoms with Crippen molar-refractivity contribution in [3.63, 3.8) is 0 Å². The minimum atomic E-state index is 0.306. The summed E-state index contributed by atoms with van der Waals surface area (Å²) in [6.07, 6.45) is 1.78. The fraction of sp³-hybridized carbons (Fsp3) is 0.632. The van der Waals surface area contributed by atoms with E-state index in [1.165, 1.54) is 16.8 Å². The number of aryl methyl sites for hydroxylation is 1. The first-order valence-electron chi connectivity index (χ1n) is 8.82. The van der Waals surface area contributed by atoms with E-state index in [1.807, 2.05) is 11.9 Å². The lowest BCUT2D eigenvalue weighted by molar-refractivity contribution is -0.133. The van der Waals surface area contributed by atoms with Gasteiger partial charge in [0.1, 0.15) is 0 Å². The van der Waals surface area contributed by atoms with Crippen LogP contribution < -0.4 is 4.90 Å². The molecule has 2 heterocycles. The summed E-state index contributed by atoms with van der Waals surface area (Å²) in [5, 5.41) is 0. The Morgan fingerprint density at radius 2 is 1.87 bits per heavy atom. The molecule has 0 bridgehead atoms. The van der Waals surface area contributed by atoms with Crippen LogP contribution in [-0.4, -0.2) is 62.0 Å². The van der Waals surface area contributed by atoms with Crippen LogP contribution >= 0.6 is 0 Å². The standard InChI is InChI=1S/C19H29N3O/c1-15-5-4-6-18(16(15)2)22-11-9-21(10-12-22)14-17-7-8-19(23)20(3)13-17/h4-6,17H,7-14H2,1-3H3. The molecule has 0 radical (unpaired) electrons. The molecule has 0 aliphatic carbocycles. The summed E-state index contributed by atoms with van der Waals surface area (Å²) in [5.74, 6) is 0.950. The highest BCUT2D eigenvalue weighted by atomic mass is 16.2. The van der Waals surface area contributed by atoms with E-state index < -0.39 is 0 Å². The Bertz CT molecular complexity index is 564. The van der Waals surface area contributed by atoms with Crippen molar-refractivity contribution in [1.29, 1.82) is 0 Å². The van der Waals surface area contributed by atoms with Gasteiger partial charge in [0.25, 0.3) is 0 Å². The highest BCUT2D eigenvalue weighted by Crippen LogP contribution is 2.24. The molecule has 1 aromatic carbocycles. The second-order valence-corrected chi connectivity index (χ2v) is 7.19. The Labute approximate surface area is 140 Å². The van der Waals surface area contributed by atoms with Crippen molar-refractivity contribution < 1.29 is 4.79 Å². The molecule has 2 aliphatic rings. The summed E-state index contributed by atoms with van der Waals surface area (Å²) >= 11 is 0. The Morgan fingerprint density at radius 3 is 2.57 bits per heavy atom. The number of hydrogen-bond acceptors (Lipinski definition) is 3. The van der Waals surface area contributed by atoms with Crippen molar-refractivity contribution in [2.24, 2.45) is 5.92 Å². The largest absolute Gasteiger partial charge is 0.369 e. The van der Waals surface area contributed by atoms with E-state index in [9.17, 15) is 4.79 Å². The van der Waals surface area contributed by atoms with Crippen molar-refractivity contribution in [2.45, 2.75) is 26.7 Å². The fourth-order valence-electron chi connectivity index (χ4n) is 3.86. The monoisotopic (exact) mass is 315 g/mol. The maximum atomic E-state index is 11.6. The number of amides is 1. The number of benzene rings is 1. The van der Waals surface area contributed by atoms with Crippen LogP contribution in [0.4, 0.5) is 5.69 Å². The highest BCUT2D eigenvalue weighted by Gasteiger charge is 2.26. The van der Waals surface area contributed by atoms with Gasteiger partial charge in [-0.25, -0.2) is 0 Å². The molecule has 4 heteroatoms. The number of carbonyl (C=O) groups is 1. The van der Waals surface area contributed by atoms with Gasteiger partial charge in [-0.2, -0.15) is 0 Å². The minimum absolute atomic E-state index is 0.306.